The van der Waals surface area contributed by atoms with E-state index in [1.54, 1.807) is 13.2 Å². The highest BCUT2D eigenvalue weighted by Gasteiger charge is 2.31. The number of amides is 1. The van der Waals surface area contributed by atoms with Gasteiger partial charge in [-0.2, -0.15) is 0 Å². The van der Waals surface area contributed by atoms with Gasteiger partial charge in [-0.25, -0.2) is 8.42 Å². The standard InChI is InChI=1S/C19H21ClN2O4S/c1-26-15-6-3-5-13(11-15)18-7-4-10-22(18)19(23)14-8-9-16(20)17(12-14)21-27(2,24)25/h3,5-6,8-9,11-12,18,21H,4,7,10H2,1-2H3. The van der Waals surface area contributed by atoms with Crippen molar-refractivity contribution < 1.29 is 17.9 Å². The van der Waals surface area contributed by atoms with Crippen LogP contribution in [0.15, 0.2) is 42.5 Å². The van der Waals surface area contributed by atoms with Crippen LogP contribution in [0.1, 0.15) is 34.8 Å². The highest BCUT2D eigenvalue weighted by molar-refractivity contribution is 7.92. The number of nitrogens with zero attached hydrogens (tertiary/aromatic N) is 1. The Bertz CT molecular complexity index is 962. The summed E-state index contributed by atoms with van der Waals surface area (Å²) < 4.78 is 30.7. The summed E-state index contributed by atoms with van der Waals surface area (Å²) in [7, 11) is -1.88. The van der Waals surface area contributed by atoms with Gasteiger partial charge in [-0.1, -0.05) is 23.7 Å². The third kappa shape index (κ3) is 4.54. The number of carbonyl (C=O) groups excluding carboxylic acids is 1. The van der Waals surface area contributed by atoms with Gasteiger partial charge < -0.3 is 9.64 Å². The van der Waals surface area contributed by atoms with E-state index in [4.69, 9.17) is 16.3 Å². The minimum absolute atomic E-state index is 0.0467. The van der Waals surface area contributed by atoms with E-state index < -0.39 is 10.0 Å². The van der Waals surface area contributed by atoms with E-state index >= 15 is 0 Å². The first-order valence-corrected chi connectivity index (χ1v) is 10.8. The van der Waals surface area contributed by atoms with Crippen LogP contribution >= 0.6 is 11.6 Å². The van der Waals surface area contributed by atoms with Gasteiger partial charge in [0, 0.05) is 12.1 Å². The van der Waals surface area contributed by atoms with Crippen LogP contribution in [0.25, 0.3) is 0 Å². The van der Waals surface area contributed by atoms with Crippen molar-refractivity contribution in [2.24, 2.45) is 0 Å². The van der Waals surface area contributed by atoms with E-state index in [2.05, 4.69) is 4.72 Å². The minimum Gasteiger partial charge on any atom is -0.497 e. The summed E-state index contributed by atoms with van der Waals surface area (Å²) in [5.41, 5.74) is 1.60. The third-order valence-corrected chi connectivity index (χ3v) is 5.42. The van der Waals surface area contributed by atoms with E-state index in [0.717, 1.165) is 30.4 Å². The smallest absolute Gasteiger partial charge is 0.254 e. The van der Waals surface area contributed by atoms with Crippen molar-refractivity contribution in [3.63, 3.8) is 0 Å². The van der Waals surface area contributed by atoms with Crippen LogP contribution in [0.4, 0.5) is 5.69 Å². The maximum atomic E-state index is 13.1. The molecule has 3 rings (SSSR count). The van der Waals surface area contributed by atoms with Crippen LogP contribution in [-0.4, -0.2) is 39.1 Å². The first-order chi connectivity index (χ1) is 12.8. The summed E-state index contributed by atoms with van der Waals surface area (Å²) >= 11 is 6.06. The van der Waals surface area contributed by atoms with Crippen LogP contribution in [0.3, 0.4) is 0 Å². The fraction of sp³-hybridized carbons (Fsp3) is 0.316. The molecule has 6 nitrogen and oxygen atoms in total. The van der Waals surface area contributed by atoms with Gasteiger partial charge in [-0.3, -0.25) is 9.52 Å². The molecular weight excluding hydrogens is 388 g/mol. The Kier molecular flexibility index (Phi) is 5.62. The number of likely N-dealkylation sites (tertiary alicyclic amines) is 1. The van der Waals surface area contributed by atoms with Crippen molar-refractivity contribution in [1.29, 1.82) is 0 Å². The zero-order valence-corrected chi connectivity index (χ0v) is 16.7. The highest BCUT2D eigenvalue weighted by Crippen LogP contribution is 2.35. The second-order valence-electron chi connectivity index (χ2n) is 6.50. The first-order valence-electron chi connectivity index (χ1n) is 8.51. The maximum Gasteiger partial charge on any atom is 0.254 e. The second kappa shape index (κ2) is 7.78. The highest BCUT2D eigenvalue weighted by atomic mass is 35.5. The summed E-state index contributed by atoms with van der Waals surface area (Å²) in [6.07, 6.45) is 2.80. The molecule has 0 bridgehead atoms. The lowest BCUT2D eigenvalue weighted by atomic mass is 10.0. The number of nitrogens with one attached hydrogen (secondary N) is 1. The van der Waals surface area contributed by atoms with Crippen molar-refractivity contribution in [2.75, 3.05) is 24.6 Å². The number of rotatable bonds is 5. The van der Waals surface area contributed by atoms with Crippen LogP contribution in [0, 0.1) is 0 Å². The molecule has 1 amide bonds. The van der Waals surface area contributed by atoms with Crippen LogP contribution in [0.5, 0.6) is 5.75 Å². The fourth-order valence-corrected chi connectivity index (χ4v) is 4.10. The van der Waals surface area contributed by atoms with Gasteiger partial charge in [-0.05, 0) is 48.7 Å². The van der Waals surface area contributed by atoms with E-state index in [1.807, 2.05) is 29.2 Å². The lowest BCUT2D eigenvalue weighted by Crippen LogP contribution is -2.30. The molecule has 2 aromatic carbocycles. The predicted octanol–water partition coefficient (Wildman–Crippen LogP) is 3.70. The maximum absolute atomic E-state index is 13.1. The Balaban J connectivity index is 1.89. The Morgan fingerprint density at radius 1 is 1.26 bits per heavy atom. The zero-order chi connectivity index (χ0) is 19.6. The molecule has 8 heteroatoms. The topological polar surface area (TPSA) is 75.7 Å². The summed E-state index contributed by atoms with van der Waals surface area (Å²) in [5, 5.41) is 0.239. The Labute approximate surface area is 164 Å². The molecule has 1 aliphatic rings. The number of anilines is 1. The fourth-order valence-electron chi connectivity index (χ4n) is 3.31. The number of hydrogen-bond acceptors (Lipinski definition) is 4. The van der Waals surface area contributed by atoms with E-state index in [-0.39, 0.29) is 22.7 Å². The quantitative estimate of drug-likeness (QED) is 0.818. The van der Waals surface area contributed by atoms with Gasteiger partial charge in [0.05, 0.1) is 30.1 Å². The first kappa shape index (κ1) is 19.5. The van der Waals surface area contributed by atoms with E-state index in [0.29, 0.717) is 12.1 Å². The molecule has 1 aliphatic heterocycles. The molecule has 144 valence electrons. The van der Waals surface area contributed by atoms with Gasteiger partial charge in [0.25, 0.3) is 5.91 Å². The van der Waals surface area contributed by atoms with Crippen molar-refractivity contribution in [3.8, 4) is 5.75 Å². The van der Waals surface area contributed by atoms with Crippen LogP contribution < -0.4 is 9.46 Å². The van der Waals surface area contributed by atoms with Crippen molar-refractivity contribution in [1.82, 2.24) is 4.90 Å². The summed E-state index contributed by atoms with van der Waals surface area (Å²) in [6, 6.07) is 12.3. The SMILES string of the molecule is COc1cccc(C2CCCN2C(=O)c2ccc(Cl)c(NS(C)(=O)=O)c2)c1. The molecule has 1 saturated heterocycles. The number of ether oxygens (including phenoxy) is 1. The number of carbonyl (C=O) groups is 1. The van der Waals surface area contributed by atoms with Crippen LogP contribution in [0.2, 0.25) is 5.02 Å². The number of benzene rings is 2. The van der Waals surface area contributed by atoms with Crippen LogP contribution in [-0.2, 0) is 10.0 Å². The van der Waals surface area contributed by atoms with Crippen molar-refractivity contribution in [3.05, 3.63) is 58.6 Å². The molecule has 1 atom stereocenters. The minimum atomic E-state index is -3.50. The van der Waals surface area contributed by atoms with Gasteiger partial charge in [0.15, 0.2) is 0 Å². The molecule has 0 radical (unpaired) electrons. The number of hydrogen-bond donors (Lipinski definition) is 1. The van der Waals surface area contributed by atoms with Gasteiger partial charge >= 0.3 is 0 Å². The Morgan fingerprint density at radius 3 is 2.74 bits per heavy atom. The molecule has 1 unspecified atom stereocenters. The normalized spacial score (nSPS) is 17.0. The Hall–Kier alpha value is -2.25. The molecule has 1 N–H and O–H groups in total. The lowest BCUT2D eigenvalue weighted by Gasteiger charge is -2.26. The predicted molar refractivity (Wildman–Crippen MR) is 106 cm³/mol. The number of halogens is 1. The average molecular weight is 409 g/mol. The summed E-state index contributed by atoms with van der Waals surface area (Å²) in [4.78, 5) is 14.9. The number of methoxy groups -OCH3 is 1. The van der Waals surface area contributed by atoms with E-state index in [1.165, 1.54) is 12.1 Å². The van der Waals surface area contributed by atoms with Gasteiger partial charge in [-0.15, -0.1) is 0 Å². The molecule has 1 heterocycles. The molecule has 2 aromatic rings. The molecule has 0 saturated carbocycles. The molecule has 0 aliphatic carbocycles. The summed E-state index contributed by atoms with van der Waals surface area (Å²) in [5.74, 6) is 0.589. The summed E-state index contributed by atoms with van der Waals surface area (Å²) in [6.45, 7) is 0.637. The van der Waals surface area contributed by atoms with Crippen molar-refractivity contribution >= 4 is 33.2 Å². The van der Waals surface area contributed by atoms with Gasteiger partial charge in [0.2, 0.25) is 10.0 Å². The molecular formula is C19H21ClN2O4S. The van der Waals surface area contributed by atoms with E-state index in [9.17, 15) is 13.2 Å². The molecule has 1 fully saturated rings. The number of sulfonamides is 1. The largest absolute Gasteiger partial charge is 0.497 e. The molecule has 27 heavy (non-hydrogen) atoms. The van der Waals surface area contributed by atoms with Crippen molar-refractivity contribution in [2.45, 2.75) is 18.9 Å². The Morgan fingerprint density at radius 2 is 2.04 bits per heavy atom. The zero-order valence-electron chi connectivity index (χ0n) is 15.1. The lowest BCUT2D eigenvalue weighted by molar-refractivity contribution is 0.0735. The monoisotopic (exact) mass is 408 g/mol. The average Bonchev–Trinajstić information content (AvgIpc) is 3.11. The molecule has 0 aromatic heterocycles. The third-order valence-electron chi connectivity index (χ3n) is 4.50. The molecule has 0 spiro atoms. The second-order valence-corrected chi connectivity index (χ2v) is 8.66. The van der Waals surface area contributed by atoms with Gasteiger partial charge in [0.1, 0.15) is 5.75 Å².